The van der Waals surface area contributed by atoms with Crippen LogP contribution < -0.4 is 0 Å². The molecule has 0 spiro atoms. The smallest absolute Gasteiger partial charge is 0.226 e. The molecule has 2 aromatic rings. The van der Waals surface area contributed by atoms with Crippen molar-refractivity contribution in [2.45, 2.75) is 39.0 Å². The topological polar surface area (TPSA) is 56.4 Å². The first-order valence-corrected chi connectivity index (χ1v) is 10.6. The van der Waals surface area contributed by atoms with Crippen molar-refractivity contribution in [2.24, 2.45) is 5.92 Å². The number of hydrogen-bond donors (Lipinski definition) is 1. The molecule has 6 heteroatoms. The molecule has 4 rings (SSSR count). The molecule has 29 heavy (non-hydrogen) atoms. The number of aromatic amines is 1. The zero-order valence-corrected chi connectivity index (χ0v) is 16.9. The summed E-state index contributed by atoms with van der Waals surface area (Å²) in [5, 5.41) is 1.02. The fourth-order valence-corrected chi connectivity index (χ4v) is 4.48. The fraction of sp³-hybridized carbons (Fsp3) is 0.478. The zero-order valence-electron chi connectivity index (χ0n) is 16.9. The number of nitrogens with one attached hydrogen (secondary N) is 1. The summed E-state index contributed by atoms with van der Waals surface area (Å²) in [6.07, 6.45) is 7.82. The molecule has 1 aromatic carbocycles. The minimum absolute atomic E-state index is 0.0201. The largest absolute Gasteiger partial charge is 0.360 e. The minimum atomic E-state index is -0.247. The molecule has 154 valence electrons. The van der Waals surface area contributed by atoms with Crippen LogP contribution in [-0.2, 0) is 9.59 Å². The molecule has 2 aliphatic rings. The molecule has 1 fully saturated rings. The summed E-state index contributed by atoms with van der Waals surface area (Å²) in [5.41, 5.74) is 3.09. The Morgan fingerprint density at radius 1 is 1.17 bits per heavy atom. The number of likely N-dealkylation sites (tertiary alicyclic amines) is 1. The van der Waals surface area contributed by atoms with Gasteiger partial charge < -0.3 is 14.8 Å². The lowest BCUT2D eigenvalue weighted by Gasteiger charge is -2.35. The highest BCUT2D eigenvalue weighted by atomic mass is 19.1. The van der Waals surface area contributed by atoms with E-state index in [0.717, 1.165) is 42.1 Å². The van der Waals surface area contributed by atoms with Crippen molar-refractivity contribution in [2.75, 3.05) is 26.2 Å². The van der Waals surface area contributed by atoms with E-state index in [-0.39, 0.29) is 23.5 Å². The summed E-state index contributed by atoms with van der Waals surface area (Å²) in [6.45, 7) is 4.71. The Bertz CT molecular complexity index is 941. The second-order valence-corrected chi connectivity index (χ2v) is 8.06. The van der Waals surface area contributed by atoms with E-state index >= 15 is 0 Å². The molecule has 0 unspecified atom stereocenters. The van der Waals surface area contributed by atoms with Gasteiger partial charge in [0.15, 0.2) is 0 Å². The van der Waals surface area contributed by atoms with Gasteiger partial charge in [-0.15, -0.1) is 0 Å². The highest BCUT2D eigenvalue weighted by molar-refractivity contribution is 5.93. The molecule has 1 aromatic heterocycles. The lowest BCUT2D eigenvalue weighted by molar-refractivity contribution is -0.140. The van der Waals surface area contributed by atoms with E-state index in [2.05, 4.69) is 11.1 Å². The maximum absolute atomic E-state index is 13.4. The third kappa shape index (κ3) is 4.07. The molecule has 0 radical (unpaired) electrons. The van der Waals surface area contributed by atoms with Gasteiger partial charge in [0.2, 0.25) is 11.8 Å². The third-order valence-corrected chi connectivity index (χ3v) is 6.17. The number of piperidine rings is 1. The summed E-state index contributed by atoms with van der Waals surface area (Å²) in [5.74, 6) is 0.195. The summed E-state index contributed by atoms with van der Waals surface area (Å²) < 4.78 is 13.4. The number of hydrogen-bond acceptors (Lipinski definition) is 2. The van der Waals surface area contributed by atoms with E-state index in [0.29, 0.717) is 32.6 Å². The van der Waals surface area contributed by atoms with Crippen molar-refractivity contribution in [1.29, 1.82) is 0 Å². The average molecular weight is 397 g/mol. The summed E-state index contributed by atoms with van der Waals surface area (Å²) in [4.78, 5) is 32.0. The first kappa shape index (κ1) is 19.7. The monoisotopic (exact) mass is 397 g/mol. The van der Waals surface area contributed by atoms with E-state index in [9.17, 15) is 14.0 Å². The quantitative estimate of drug-likeness (QED) is 0.849. The van der Waals surface area contributed by atoms with Gasteiger partial charge in [-0.2, -0.15) is 0 Å². The summed E-state index contributed by atoms with van der Waals surface area (Å²) in [7, 11) is 0. The van der Waals surface area contributed by atoms with Crippen molar-refractivity contribution in [3.05, 3.63) is 41.9 Å². The van der Waals surface area contributed by atoms with Crippen molar-refractivity contribution in [3.8, 4) is 0 Å². The van der Waals surface area contributed by atoms with Gasteiger partial charge in [-0.25, -0.2) is 4.39 Å². The number of H-pyrrole nitrogens is 1. The minimum Gasteiger partial charge on any atom is -0.360 e. The van der Waals surface area contributed by atoms with Gasteiger partial charge in [0.25, 0.3) is 0 Å². The van der Waals surface area contributed by atoms with Crippen LogP contribution in [0.25, 0.3) is 16.5 Å². The average Bonchev–Trinajstić information content (AvgIpc) is 3.16. The molecule has 1 N–H and O–H groups in total. The Morgan fingerprint density at radius 3 is 2.66 bits per heavy atom. The molecule has 2 aliphatic heterocycles. The number of halogens is 1. The normalized spacial score (nSPS) is 18.2. The van der Waals surface area contributed by atoms with Gasteiger partial charge in [-0.3, -0.25) is 9.59 Å². The van der Waals surface area contributed by atoms with Gasteiger partial charge in [0.05, 0.1) is 0 Å². The molecule has 0 atom stereocenters. The first-order chi connectivity index (χ1) is 14.1. The summed E-state index contributed by atoms with van der Waals surface area (Å²) >= 11 is 0. The SMILES string of the molecule is CCCC(=O)N1CCC(C(=O)N2CC=C(c3c[nH]c4cc(F)ccc34)CC2)CC1. The summed E-state index contributed by atoms with van der Waals surface area (Å²) in [6, 6.07) is 4.80. The van der Waals surface area contributed by atoms with Crippen LogP contribution in [0.5, 0.6) is 0 Å². The molecule has 3 heterocycles. The Labute approximate surface area is 170 Å². The van der Waals surface area contributed by atoms with Crippen LogP contribution in [0.1, 0.15) is 44.6 Å². The van der Waals surface area contributed by atoms with E-state index in [1.165, 1.54) is 17.7 Å². The van der Waals surface area contributed by atoms with Crippen molar-refractivity contribution < 1.29 is 14.0 Å². The lowest BCUT2D eigenvalue weighted by Crippen LogP contribution is -2.45. The van der Waals surface area contributed by atoms with Gasteiger partial charge in [-0.1, -0.05) is 13.0 Å². The number of aromatic nitrogens is 1. The van der Waals surface area contributed by atoms with Crippen molar-refractivity contribution >= 4 is 28.3 Å². The predicted octanol–water partition coefficient (Wildman–Crippen LogP) is 3.96. The van der Waals surface area contributed by atoms with E-state index < -0.39 is 0 Å². The number of benzene rings is 1. The van der Waals surface area contributed by atoms with Crippen LogP contribution in [0.15, 0.2) is 30.5 Å². The van der Waals surface area contributed by atoms with Crippen molar-refractivity contribution in [1.82, 2.24) is 14.8 Å². The highest BCUT2D eigenvalue weighted by Crippen LogP contribution is 2.30. The third-order valence-electron chi connectivity index (χ3n) is 6.17. The van der Waals surface area contributed by atoms with Gasteiger partial charge >= 0.3 is 0 Å². The van der Waals surface area contributed by atoms with Crippen LogP contribution in [-0.4, -0.2) is 52.8 Å². The van der Waals surface area contributed by atoms with E-state index in [4.69, 9.17) is 0 Å². The van der Waals surface area contributed by atoms with Crippen molar-refractivity contribution in [3.63, 3.8) is 0 Å². The zero-order chi connectivity index (χ0) is 20.4. The lowest BCUT2D eigenvalue weighted by atomic mass is 9.93. The Kier molecular flexibility index (Phi) is 5.69. The number of rotatable bonds is 4. The van der Waals surface area contributed by atoms with Gasteiger partial charge in [0, 0.05) is 61.2 Å². The second kappa shape index (κ2) is 8.39. The molecule has 1 saturated heterocycles. The molecule has 0 aliphatic carbocycles. The number of amides is 2. The molecule has 0 bridgehead atoms. The van der Waals surface area contributed by atoms with Crippen LogP contribution in [0.2, 0.25) is 0 Å². The number of nitrogens with zero attached hydrogens (tertiary/aromatic N) is 2. The Hall–Kier alpha value is -2.63. The standard InChI is InChI=1S/C23H28FN3O2/c1-2-3-22(28)26-10-8-17(9-11-26)23(29)27-12-6-16(7-13-27)20-15-25-21-14-18(24)4-5-19(20)21/h4-6,14-15,17,25H,2-3,7-13H2,1H3. The first-order valence-electron chi connectivity index (χ1n) is 10.6. The number of carbonyl (C=O) groups excluding carboxylic acids is 2. The van der Waals surface area contributed by atoms with Crippen LogP contribution >= 0.6 is 0 Å². The van der Waals surface area contributed by atoms with Crippen LogP contribution in [0.4, 0.5) is 4.39 Å². The maximum Gasteiger partial charge on any atom is 0.226 e. The number of fused-ring (bicyclic) bond motifs is 1. The molecular weight excluding hydrogens is 369 g/mol. The molecule has 2 amide bonds. The fourth-order valence-electron chi connectivity index (χ4n) is 4.48. The second-order valence-electron chi connectivity index (χ2n) is 8.06. The van der Waals surface area contributed by atoms with Gasteiger partial charge in [0.1, 0.15) is 5.82 Å². The Morgan fingerprint density at radius 2 is 1.97 bits per heavy atom. The predicted molar refractivity (Wildman–Crippen MR) is 112 cm³/mol. The van der Waals surface area contributed by atoms with Gasteiger partial charge in [-0.05, 0) is 49.5 Å². The van der Waals surface area contributed by atoms with E-state index in [1.807, 2.05) is 29.0 Å². The number of carbonyl (C=O) groups is 2. The maximum atomic E-state index is 13.4. The Balaban J connectivity index is 1.37. The van der Waals surface area contributed by atoms with Crippen LogP contribution in [0, 0.1) is 11.7 Å². The highest BCUT2D eigenvalue weighted by Gasteiger charge is 2.30. The molecular formula is C23H28FN3O2. The molecule has 5 nitrogen and oxygen atoms in total. The van der Waals surface area contributed by atoms with Crippen LogP contribution in [0.3, 0.4) is 0 Å². The molecule has 0 saturated carbocycles. The van der Waals surface area contributed by atoms with E-state index in [1.54, 1.807) is 0 Å².